The standard InChI is InChI=1S/C16H18N2O5/c1-21-15(19)6-7-22-13-4-2-12(3-5-13)18-16(20)11-8-14(9-17)23-10-11/h2-5,8,10H,6-7,9,17H2,1H3,(H,18,20). The first-order valence-corrected chi connectivity index (χ1v) is 7.01. The number of benzene rings is 1. The number of nitrogens with one attached hydrogen (secondary N) is 1. The van der Waals surface area contributed by atoms with Crippen molar-refractivity contribution in [3.8, 4) is 5.75 Å². The lowest BCUT2D eigenvalue weighted by molar-refractivity contribution is -0.141. The minimum absolute atomic E-state index is 0.180. The van der Waals surface area contributed by atoms with Gasteiger partial charge in [0.25, 0.3) is 5.91 Å². The molecular weight excluding hydrogens is 300 g/mol. The van der Waals surface area contributed by atoms with Crippen molar-refractivity contribution in [2.75, 3.05) is 19.0 Å². The van der Waals surface area contributed by atoms with Gasteiger partial charge < -0.3 is 24.9 Å². The molecule has 122 valence electrons. The van der Waals surface area contributed by atoms with Gasteiger partial charge in [0.2, 0.25) is 0 Å². The summed E-state index contributed by atoms with van der Waals surface area (Å²) in [5.74, 6) is 0.531. The van der Waals surface area contributed by atoms with Crippen LogP contribution in [-0.4, -0.2) is 25.6 Å². The highest BCUT2D eigenvalue weighted by molar-refractivity contribution is 6.04. The first-order valence-electron chi connectivity index (χ1n) is 7.01. The van der Waals surface area contributed by atoms with Crippen molar-refractivity contribution >= 4 is 17.6 Å². The van der Waals surface area contributed by atoms with Gasteiger partial charge in [0.05, 0.1) is 32.2 Å². The van der Waals surface area contributed by atoms with Gasteiger partial charge in [0.15, 0.2) is 0 Å². The van der Waals surface area contributed by atoms with Gasteiger partial charge in [-0.25, -0.2) is 0 Å². The van der Waals surface area contributed by atoms with E-state index in [4.69, 9.17) is 14.9 Å². The molecule has 0 saturated heterocycles. The van der Waals surface area contributed by atoms with Gasteiger partial charge in [0, 0.05) is 5.69 Å². The van der Waals surface area contributed by atoms with Crippen LogP contribution in [0.5, 0.6) is 5.75 Å². The Kier molecular flexibility index (Phi) is 5.76. The predicted molar refractivity (Wildman–Crippen MR) is 83.1 cm³/mol. The summed E-state index contributed by atoms with van der Waals surface area (Å²) in [6.45, 7) is 0.472. The smallest absolute Gasteiger partial charge is 0.308 e. The van der Waals surface area contributed by atoms with Crippen molar-refractivity contribution < 1.29 is 23.5 Å². The fourth-order valence-electron chi connectivity index (χ4n) is 1.80. The van der Waals surface area contributed by atoms with E-state index in [0.29, 0.717) is 22.8 Å². The lowest BCUT2D eigenvalue weighted by Crippen LogP contribution is -2.11. The van der Waals surface area contributed by atoms with Crippen LogP contribution in [0.1, 0.15) is 22.5 Å². The molecule has 0 unspecified atom stereocenters. The molecule has 7 heteroatoms. The maximum absolute atomic E-state index is 12.0. The molecule has 3 N–H and O–H groups in total. The van der Waals surface area contributed by atoms with Crippen molar-refractivity contribution in [3.63, 3.8) is 0 Å². The molecule has 0 bridgehead atoms. The second-order valence-corrected chi connectivity index (χ2v) is 4.66. The Labute approximate surface area is 133 Å². The number of hydrogen-bond donors (Lipinski definition) is 2. The summed E-state index contributed by atoms with van der Waals surface area (Å²) >= 11 is 0. The molecule has 0 aliphatic rings. The van der Waals surface area contributed by atoms with Crippen LogP contribution in [0.25, 0.3) is 0 Å². The van der Waals surface area contributed by atoms with Gasteiger partial charge in [-0.05, 0) is 30.3 Å². The van der Waals surface area contributed by atoms with E-state index in [1.165, 1.54) is 13.4 Å². The van der Waals surface area contributed by atoms with Crippen LogP contribution < -0.4 is 15.8 Å². The lowest BCUT2D eigenvalue weighted by atomic mass is 10.2. The van der Waals surface area contributed by atoms with Gasteiger partial charge >= 0.3 is 5.97 Å². The van der Waals surface area contributed by atoms with Gasteiger partial charge in [-0.1, -0.05) is 0 Å². The Morgan fingerprint density at radius 1 is 1.26 bits per heavy atom. The van der Waals surface area contributed by atoms with Gasteiger partial charge in [-0.3, -0.25) is 9.59 Å². The number of carbonyl (C=O) groups is 2. The molecule has 1 aromatic carbocycles. The zero-order valence-electron chi connectivity index (χ0n) is 12.7. The number of ether oxygens (including phenoxy) is 2. The van der Waals surface area contributed by atoms with Crippen molar-refractivity contribution in [2.24, 2.45) is 5.73 Å². The van der Waals surface area contributed by atoms with Crippen LogP contribution >= 0.6 is 0 Å². The predicted octanol–water partition coefficient (Wildman–Crippen LogP) is 1.93. The third-order valence-electron chi connectivity index (χ3n) is 3.03. The molecule has 23 heavy (non-hydrogen) atoms. The molecule has 0 radical (unpaired) electrons. The molecule has 0 aliphatic heterocycles. The van der Waals surface area contributed by atoms with Crippen molar-refractivity contribution in [2.45, 2.75) is 13.0 Å². The number of amides is 1. The van der Waals surface area contributed by atoms with E-state index in [1.54, 1.807) is 30.3 Å². The van der Waals surface area contributed by atoms with Crippen LogP contribution in [0.4, 0.5) is 5.69 Å². The van der Waals surface area contributed by atoms with Crippen LogP contribution in [0.2, 0.25) is 0 Å². The fraction of sp³-hybridized carbons (Fsp3) is 0.250. The fourth-order valence-corrected chi connectivity index (χ4v) is 1.80. The first kappa shape index (κ1) is 16.6. The van der Waals surface area contributed by atoms with Crippen LogP contribution in [0, 0.1) is 0 Å². The molecular formula is C16H18N2O5. The summed E-state index contributed by atoms with van der Waals surface area (Å²) in [6, 6.07) is 8.41. The topological polar surface area (TPSA) is 104 Å². The molecule has 2 aromatic rings. The van der Waals surface area contributed by atoms with E-state index in [1.807, 2.05) is 0 Å². The average Bonchev–Trinajstić information content (AvgIpc) is 3.05. The van der Waals surface area contributed by atoms with Crippen LogP contribution in [-0.2, 0) is 16.1 Å². The second-order valence-electron chi connectivity index (χ2n) is 4.66. The number of esters is 1. The zero-order valence-corrected chi connectivity index (χ0v) is 12.7. The molecule has 0 atom stereocenters. The molecule has 0 aliphatic carbocycles. The highest BCUT2D eigenvalue weighted by atomic mass is 16.5. The number of anilines is 1. The summed E-state index contributed by atoms with van der Waals surface area (Å²) in [7, 11) is 1.33. The maximum atomic E-state index is 12.0. The van der Waals surface area contributed by atoms with Crippen LogP contribution in [0.3, 0.4) is 0 Å². The molecule has 0 fully saturated rings. The molecule has 1 amide bonds. The summed E-state index contributed by atoms with van der Waals surface area (Å²) in [5, 5.41) is 2.74. The molecule has 1 heterocycles. The monoisotopic (exact) mass is 318 g/mol. The van der Waals surface area contributed by atoms with E-state index in [-0.39, 0.29) is 31.4 Å². The molecule has 0 spiro atoms. The van der Waals surface area contributed by atoms with Gasteiger partial charge in [-0.15, -0.1) is 0 Å². The molecule has 1 aromatic heterocycles. The minimum atomic E-state index is -0.328. The van der Waals surface area contributed by atoms with E-state index < -0.39 is 0 Å². The first-order chi connectivity index (χ1) is 11.1. The van der Waals surface area contributed by atoms with Crippen LogP contribution in [0.15, 0.2) is 41.0 Å². The number of hydrogen-bond acceptors (Lipinski definition) is 6. The summed E-state index contributed by atoms with van der Waals surface area (Å²) in [5.41, 5.74) is 6.45. The number of furan rings is 1. The number of carbonyl (C=O) groups excluding carboxylic acids is 2. The summed E-state index contributed by atoms with van der Waals surface area (Å²) < 4.78 is 15.0. The SMILES string of the molecule is COC(=O)CCOc1ccc(NC(=O)c2coc(CN)c2)cc1. The Morgan fingerprint density at radius 3 is 2.61 bits per heavy atom. The molecule has 0 saturated carbocycles. The normalized spacial score (nSPS) is 10.2. The van der Waals surface area contributed by atoms with Crippen molar-refractivity contribution in [3.05, 3.63) is 47.9 Å². The Morgan fingerprint density at radius 2 is 2.00 bits per heavy atom. The maximum Gasteiger partial charge on any atom is 0.308 e. The quantitative estimate of drug-likeness (QED) is 0.756. The van der Waals surface area contributed by atoms with Gasteiger partial charge in [-0.2, -0.15) is 0 Å². The summed E-state index contributed by atoms with van der Waals surface area (Å²) in [6.07, 6.45) is 1.54. The third-order valence-corrected chi connectivity index (χ3v) is 3.03. The van der Waals surface area contributed by atoms with E-state index in [9.17, 15) is 9.59 Å². The second kappa shape index (κ2) is 8.00. The number of nitrogens with two attached hydrogens (primary N) is 1. The molecule has 7 nitrogen and oxygen atoms in total. The highest BCUT2D eigenvalue weighted by Gasteiger charge is 2.10. The van der Waals surface area contributed by atoms with E-state index >= 15 is 0 Å². The Hall–Kier alpha value is -2.80. The highest BCUT2D eigenvalue weighted by Crippen LogP contribution is 2.17. The minimum Gasteiger partial charge on any atom is -0.493 e. The number of methoxy groups -OCH3 is 1. The zero-order chi connectivity index (χ0) is 16.7. The van der Waals surface area contributed by atoms with E-state index in [0.717, 1.165) is 0 Å². The Balaban J connectivity index is 1.86. The summed E-state index contributed by atoms with van der Waals surface area (Å²) in [4.78, 5) is 23.0. The number of rotatable bonds is 7. The lowest BCUT2D eigenvalue weighted by Gasteiger charge is -2.07. The van der Waals surface area contributed by atoms with Crippen molar-refractivity contribution in [1.29, 1.82) is 0 Å². The van der Waals surface area contributed by atoms with Crippen molar-refractivity contribution in [1.82, 2.24) is 0 Å². The van der Waals surface area contributed by atoms with Gasteiger partial charge in [0.1, 0.15) is 17.8 Å². The molecule has 2 rings (SSSR count). The average molecular weight is 318 g/mol. The largest absolute Gasteiger partial charge is 0.493 e. The Bertz CT molecular complexity index is 663. The third kappa shape index (κ3) is 4.86. The van der Waals surface area contributed by atoms with E-state index in [2.05, 4.69) is 10.1 Å².